The fourth-order valence-electron chi connectivity index (χ4n) is 2.08. The topological polar surface area (TPSA) is 41.9 Å². The van der Waals surface area contributed by atoms with Gasteiger partial charge in [0.1, 0.15) is 0 Å². The SMILES string of the molecule is CCN(C)C=Nc1cc(C)c(C(=O)OCCCC(F)(Cl)C(F)(F)Br)cc1C. The maximum Gasteiger partial charge on any atom is 0.348 e. The zero-order valence-corrected chi connectivity index (χ0v) is 18.0. The van der Waals surface area contributed by atoms with Gasteiger partial charge in [0.15, 0.2) is 0 Å². The summed E-state index contributed by atoms with van der Waals surface area (Å²) in [7, 11) is 1.90. The first-order valence-electron chi connectivity index (χ1n) is 8.36. The monoisotopic (exact) mass is 470 g/mol. The maximum atomic E-state index is 13.6. The number of alkyl halides is 5. The normalized spacial score (nSPS) is 14.3. The molecule has 0 fully saturated rings. The third kappa shape index (κ3) is 6.99. The Morgan fingerprint density at radius 2 is 1.96 bits per heavy atom. The van der Waals surface area contributed by atoms with Crippen LogP contribution in [0.1, 0.15) is 41.3 Å². The van der Waals surface area contributed by atoms with Gasteiger partial charge in [-0.05, 0) is 66.4 Å². The van der Waals surface area contributed by atoms with Crippen molar-refractivity contribution in [2.75, 3.05) is 20.2 Å². The van der Waals surface area contributed by atoms with E-state index >= 15 is 0 Å². The molecule has 0 bridgehead atoms. The average Bonchev–Trinajstić information content (AvgIpc) is 2.57. The van der Waals surface area contributed by atoms with Gasteiger partial charge in [0, 0.05) is 20.0 Å². The van der Waals surface area contributed by atoms with Crippen LogP contribution < -0.4 is 0 Å². The lowest BCUT2D eigenvalue weighted by molar-refractivity contribution is -0.0135. The number of ether oxygens (including phenoxy) is 1. The van der Waals surface area contributed by atoms with E-state index in [1.54, 1.807) is 25.4 Å². The largest absolute Gasteiger partial charge is 0.462 e. The quantitative estimate of drug-likeness (QED) is 0.151. The lowest BCUT2D eigenvalue weighted by Crippen LogP contribution is -2.33. The summed E-state index contributed by atoms with van der Waals surface area (Å²) in [6.07, 6.45) is 0.891. The molecule has 152 valence electrons. The fraction of sp³-hybridized carbons (Fsp3) is 0.556. The van der Waals surface area contributed by atoms with Crippen molar-refractivity contribution in [3.8, 4) is 0 Å². The standard InChI is InChI=1S/C18H23BrClF3N2O2/c1-5-25(4)11-24-15-10-12(2)14(9-13(15)3)16(26)27-8-6-7-17(20,21)18(19,22)23/h9-11H,5-8H2,1-4H3. The molecule has 1 aromatic rings. The van der Waals surface area contributed by atoms with Crippen molar-refractivity contribution in [1.29, 1.82) is 0 Å². The van der Waals surface area contributed by atoms with Crippen LogP contribution in [-0.4, -0.2) is 47.4 Å². The fourth-order valence-corrected chi connectivity index (χ4v) is 2.41. The minimum Gasteiger partial charge on any atom is -0.462 e. The van der Waals surface area contributed by atoms with Crippen molar-refractivity contribution in [1.82, 2.24) is 4.90 Å². The van der Waals surface area contributed by atoms with Crippen molar-refractivity contribution in [2.45, 2.75) is 43.6 Å². The van der Waals surface area contributed by atoms with Gasteiger partial charge in [-0.25, -0.2) is 14.2 Å². The molecule has 9 heteroatoms. The highest BCUT2D eigenvalue weighted by Gasteiger charge is 2.51. The summed E-state index contributed by atoms with van der Waals surface area (Å²) < 4.78 is 44.4. The van der Waals surface area contributed by atoms with Gasteiger partial charge in [0.05, 0.1) is 24.2 Å². The number of nitrogens with zero attached hydrogens (tertiary/aromatic N) is 2. The first kappa shape index (κ1) is 23.8. The van der Waals surface area contributed by atoms with E-state index in [4.69, 9.17) is 16.3 Å². The Morgan fingerprint density at radius 1 is 1.33 bits per heavy atom. The molecule has 0 amide bonds. The minimum atomic E-state index is -3.86. The Hall–Kier alpha value is -1.28. The maximum absolute atomic E-state index is 13.6. The third-order valence-electron chi connectivity index (χ3n) is 3.94. The Kier molecular flexibility index (Phi) is 8.60. The van der Waals surface area contributed by atoms with E-state index < -0.39 is 22.3 Å². The summed E-state index contributed by atoms with van der Waals surface area (Å²) in [5.74, 6) is -0.610. The van der Waals surface area contributed by atoms with Crippen molar-refractivity contribution in [3.05, 3.63) is 28.8 Å². The highest BCUT2D eigenvalue weighted by atomic mass is 79.9. The molecule has 0 spiro atoms. The third-order valence-corrected chi connectivity index (χ3v) is 5.22. The van der Waals surface area contributed by atoms with Gasteiger partial charge in [-0.1, -0.05) is 11.6 Å². The first-order valence-corrected chi connectivity index (χ1v) is 9.53. The number of aryl methyl sites for hydroxylation is 2. The minimum absolute atomic E-state index is 0.142. The Morgan fingerprint density at radius 3 is 2.52 bits per heavy atom. The van der Waals surface area contributed by atoms with Crippen molar-refractivity contribution in [3.63, 3.8) is 0 Å². The van der Waals surface area contributed by atoms with Gasteiger partial charge in [-0.2, -0.15) is 8.78 Å². The van der Waals surface area contributed by atoms with Crippen molar-refractivity contribution < 1.29 is 22.7 Å². The number of hydrogen-bond donors (Lipinski definition) is 0. The molecule has 0 saturated heterocycles. The highest BCUT2D eigenvalue weighted by Crippen LogP contribution is 2.44. The zero-order valence-electron chi connectivity index (χ0n) is 15.7. The highest BCUT2D eigenvalue weighted by molar-refractivity contribution is 9.10. The van der Waals surface area contributed by atoms with Crippen LogP contribution in [0.15, 0.2) is 17.1 Å². The van der Waals surface area contributed by atoms with Crippen molar-refractivity contribution >= 4 is 45.5 Å². The molecule has 1 rings (SSSR count). The van der Waals surface area contributed by atoms with E-state index in [1.165, 1.54) is 0 Å². The van der Waals surface area contributed by atoms with E-state index in [0.29, 0.717) is 11.1 Å². The summed E-state index contributed by atoms with van der Waals surface area (Å²) in [5, 5.41) is -3.24. The number of esters is 1. The van der Waals surface area contributed by atoms with E-state index in [2.05, 4.69) is 4.99 Å². The number of aliphatic imine (C=N–C) groups is 1. The molecule has 0 N–H and O–H groups in total. The number of carbonyl (C=O) groups excluding carboxylic acids is 1. The summed E-state index contributed by atoms with van der Waals surface area (Å²) in [6.45, 7) is 6.15. The number of benzene rings is 1. The molecule has 1 aromatic carbocycles. The van der Waals surface area contributed by atoms with Gasteiger partial charge in [-0.15, -0.1) is 0 Å². The Bertz CT molecular complexity index is 694. The number of hydrogen-bond acceptors (Lipinski definition) is 3. The van der Waals surface area contributed by atoms with E-state index in [0.717, 1.165) is 17.8 Å². The van der Waals surface area contributed by atoms with Gasteiger partial charge < -0.3 is 9.64 Å². The second-order valence-electron chi connectivity index (χ2n) is 6.21. The predicted molar refractivity (Wildman–Crippen MR) is 105 cm³/mol. The van der Waals surface area contributed by atoms with Crippen LogP contribution in [0.3, 0.4) is 0 Å². The van der Waals surface area contributed by atoms with Crippen LogP contribution >= 0.6 is 27.5 Å². The molecule has 0 radical (unpaired) electrons. The Balaban J connectivity index is 2.71. The smallest absolute Gasteiger partial charge is 0.348 e. The molecule has 0 saturated carbocycles. The molecule has 27 heavy (non-hydrogen) atoms. The molecular formula is C18H23BrClF3N2O2. The summed E-state index contributed by atoms with van der Waals surface area (Å²) in [6, 6.07) is 3.42. The molecule has 4 nitrogen and oxygen atoms in total. The lowest BCUT2D eigenvalue weighted by atomic mass is 10.0. The number of halogens is 5. The van der Waals surface area contributed by atoms with Crippen LogP contribution in [0.25, 0.3) is 0 Å². The first-order chi connectivity index (χ1) is 12.4. The van der Waals surface area contributed by atoms with Crippen LogP contribution in [0.5, 0.6) is 0 Å². The molecule has 1 atom stereocenters. The molecule has 0 aromatic heterocycles. The molecule has 1 unspecified atom stereocenters. The average molecular weight is 472 g/mol. The predicted octanol–water partition coefficient (Wildman–Crippen LogP) is 5.74. The van der Waals surface area contributed by atoms with Gasteiger partial charge in [0.2, 0.25) is 0 Å². The van der Waals surface area contributed by atoms with Crippen molar-refractivity contribution in [2.24, 2.45) is 4.99 Å². The van der Waals surface area contributed by atoms with Crippen LogP contribution in [0.2, 0.25) is 0 Å². The second kappa shape index (κ2) is 9.78. The molecular weight excluding hydrogens is 449 g/mol. The summed E-state index contributed by atoms with van der Waals surface area (Å²) in [4.78, 5) is 14.6. The second-order valence-corrected chi connectivity index (χ2v) is 7.81. The number of rotatable bonds is 9. The molecule has 0 heterocycles. The van der Waals surface area contributed by atoms with E-state index in [-0.39, 0.29) is 13.0 Å². The zero-order chi connectivity index (χ0) is 20.8. The molecule has 0 aliphatic rings. The lowest BCUT2D eigenvalue weighted by Gasteiger charge is -2.22. The van der Waals surface area contributed by atoms with E-state index in [1.807, 2.05) is 41.7 Å². The van der Waals surface area contributed by atoms with Crippen LogP contribution in [0.4, 0.5) is 18.9 Å². The summed E-state index contributed by atoms with van der Waals surface area (Å²) >= 11 is 7.06. The van der Waals surface area contributed by atoms with E-state index in [9.17, 15) is 18.0 Å². The molecule has 0 aliphatic heterocycles. The number of carbonyl (C=O) groups is 1. The van der Waals surface area contributed by atoms with Crippen LogP contribution in [0, 0.1) is 13.8 Å². The van der Waals surface area contributed by atoms with Gasteiger partial charge >= 0.3 is 10.8 Å². The Labute approximate surface area is 170 Å². The molecule has 0 aliphatic carbocycles. The van der Waals surface area contributed by atoms with Crippen LogP contribution in [-0.2, 0) is 4.74 Å². The summed E-state index contributed by atoms with van der Waals surface area (Å²) in [5.41, 5.74) is 2.53. The van der Waals surface area contributed by atoms with Gasteiger partial charge in [-0.3, -0.25) is 0 Å². The van der Waals surface area contributed by atoms with Gasteiger partial charge in [0.25, 0.3) is 5.13 Å².